The fourth-order valence-electron chi connectivity index (χ4n) is 0.972. The monoisotopic (exact) mass is 231 g/mol. The molecule has 1 rings (SSSR count). The van der Waals surface area contributed by atoms with Crippen LogP contribution < -0.4 is 11.4 Å². The molecule has 0 aromatic carbocycles. The van der Waals surface area contributed by atoms with E-state index in [2.05, 4.69) is 15.4 Å². The lowest BCUT2D eigenvalue weighted by Crippen LogP contribution is -2.24. The molecule has 0 saturated heterocycles. The standard InChI is InChI=1S/C7H13N5O2S/c1-3-12-6(13)9-10-7(12)15-4(2)5(8)11-14/h4,14H,3H2,1-2H3,(H2,8,11)(H,9,13). The summed E-state index contributed by atoms with van der Waals surface area (Å²) >= 11 is 1.25. The minimum atomic E-state index is -0.258. The Bertz CT molecular complexity index is 410. The number of hydrogen-bond donors (Lipinski definition) is 3. The third kappa shape index (κ3) is 2.52. The predicted octanol–water partition coefficient (Wildman–Crippen LogP) is -0.182. The van der Waals surface area contributed by atoms with Crippen LogP contribution in [0.5, 0.6) is 0 Å². The van der Waals surface area contributed by atoms with Crippen molar-refractivity contribution in [2.24, 2.45) is 10.9 Å². The van der Waals surface area contributed by atoms with Crippen LogP contribution in [0.4, 0.5) is 0 Å². The quantitative estimate of drug-likeness (QED) is 0.219. The van der Waals surface area contributed by atoms with E-state index < -0.39 is 0 Å². The lowest BCUT2D eigenvalue weighted by Gasteiger charge is -2.08. The van der Waals surface area contributed by atoms with Crippen molar-refractivity contribution >= 4 is 17.6 Å². The van der Waals surface area contributed by atoms with Crippen LogP contribution in [0.1, 0.15) is 13.8 Å². The first-order chi connectivity index (χ1) is 7.10. The van der Waals surface area contributed by atoms with Crippen molar-refractivity contribution in [3.05, 3.63) is 10.5 Å². The molecule has 84 valence electrons. The molecule has 8 heteroatoms. The van der Waals surface area contributed by atoms with Gasteiger partial charge in [-0.05, 0) is 13.8 Å². The molecule has 1 heterocycles. The molecule has 1 atom stereocenters. The minimum absolute atomic E-state index is 0.0955. The van der Waals surface area contributed by atoms with Gasteiger partial charge >= 0.3 is 5.69 Å². The zero-order chi connectivity index (χ0) is 11.4. The Morgan fingerprint density at radius 1 is 1.87 bits per heavy atom. The van der Waals surface area contributed by atoms with E-state index in [0.29, 0.717) is 11.7 Å². The molecule has 0 bridgehead atoms. The Balaban J connectivity index is 2.85. The maximum absolute atomic E-state index is 11.2. The number of H-pyrrole nitrogens is 1. The molecule has 0 aliphatic carbocycles. The first-order valence-corrected chi connectivity index (χ1v) is 5.27. The van der Waals surface area contributed by atoms with Crippen molar-refractivity contribution in [3.63, 3.8) is 0 Å². The van der Waals surface area contributed by atoms with Crippen molar-refractivity contribution in [1.29, 1.82) is 0 Å². The van der Waals surface area contributed by atoms with Gasteiger partial charge in [0.25, 0.3) is 0 Å². The number of amidine groups is 1. The number of aromatic amines is 1. The Kier molecular flexibility index (Phi) is 3.78. The van der Waals surface area contributed by atoms with Gasteiger partial charge in [-0.15, -0.1) is 5.10 Å². The summed E-state index contributed by atoms with van der Waals surface area (Å²) in [6, 6.07) is 0. The van der Waals surface area contributed by atoms with Gasteiger partial charge in [-0.1, -0.05) is 16.9 Å². The molecule has 7 nitrogen and oxygen atoms in total. The summed E-state index contributed by atoms with van der Waals surface area (Å²) in [7, 11) is 0. The summed E-state index contributed by atoms with van der Waals surface area (Å²) in [5, 5.41) is 17.8. The average Bonchev–Trinajstić information content (AvgIpc) is 2.57. The molecule has 0 saturated carbocycles. The highest BCUT2D eigenvalue weighted by Gasteiger charge is 2.14. The first-order valence-electron chi connectivity index (χ1n) is 4.39. The van der Waals surface area contributed by atoms with Gasteiger partial charge in [0.1, 0.15) is 0 Å². The molecule has 15 heavy (non-hydrogen) atoms. The van der Waals surface area contributed by atoms with Gasteiger partial charge in [-0.3, -0.25) is 4.57 Å². The zero-order valence-corrected chi connectivity index (χ0v) is 9.28. The highest BCUT2D eigenvalue weighted by Crippen LogP contribution is 2.19. The molecular formula is C7H13N5O2S. The predicted molar refractivity (Wildman–Crippen MR) is 57.2 cm³/mol. The lowest BCUT2D eigenvalue weighted by molar-refractivity contribution is 0.317. The maximum Gasteiger partial charge on any atom is 0.343 e. The molecule has 0 aliphatic heterocycles. The van der Waals surface area contributed by atoms with E-state index in [1.54, 1.807) is 6.92 Å². The topological polar surface area (TPSA) is 109 Å². The minimum Gasteiger partial charge on any atom is -0.409 e. The maximum atomic E-state index is 11.2. The van der Waals surface area contributed by atoms with Gasteiger partial charge < -0.3 is 10.9 Å². The Labute approximate surface area is 90.4 Å². The Morgan fingerprint density at radius 3 is 3.07 bits per heavy atom. The van der Waals surface area contributed by atoms with E-state index in [4.69, 9.17) is 10.9 Å². The number of oxime groups is 1. The van der Waals surface area contributed by atoms with Crippen LogP contribution >= 0.6 is 11.8 Å². The first kappa shape index (κ1) is 11.6. The van der Waals surface area contributed by atoms with Crippen LogP contribution in [-0.2, 0) is 6.54 Å². The van der Waals surface area contributed by atoms with Crippen LogP contribution in [0, 0.1) is 0 Å². The summed E-state index contributed by atoms with van der Waals surface area (Å²) in [6.45, 7) is 4.13. The molecule has 1 aromatic heterocycles. The number of thioether (sulfide) groups is 1. The summed E-state index contributed by atoms with van der Waals surface area (Å²) < 4.78 is 1.48. The molecule has 0 amide bonds. The molecule has 0 radical (unpaired) electrons. The number of nitrogens with two attached hydrogens (primary N) is 1. The molecular weight excluding hydrogens is 218 g/mol. The molecule has 0 aliphatic rings. The fraction of sp³-hybridized carbons (Fsp3) is 0.571. The van der Waals surface area contributed by atoms with Crippen LogP contribution in [0.25, 0.3) is 0 Å². The van der Waals surface area contributed by atoms with E-state index in [1.165, 1.54) is 16.3 Å². The van der Waals surface area contributed by atoms with E-state index >= 15 is 0 Å². The molecule has 0 spiro atoms. The van der Waals surface area contributed by atoms with Gasteiger partial charge in [0.05, 0.1) is 5.25 Å². The molecule has 1 unspecified atom stereocenters. The summed E-state index contributed by atoms with van der Waals surface area (Å²) in [5.41, 5.74) is 5.16. The second kappa shape index (κ2) is 4.87. The lowest BCUT2D eigenvalue weighted by atomic mass is 10.4. The van der Waals surface area contributed by atoms with E-state index in [0.717, 1.165) is 0 Å². The van der Waals surface area contributed by atoms with Crippen LogP contribution in [0.2, 0.25) is 0 Å². The van der Waals surface area contributed by atoms with Crippen LogP contribution in [0.3, 0.4) is 0 Å². The summed E-state index contributed by atoms with van der Waals surface area (Å²) in [6.07, 6.45) is 0. The average molecular weight is 231 g/mol. The number of rotatable bonds is 4. The number of nitrogens with zero attached hydrogens (tertiary/aromatic N) is 3. The van der Waals surface area contributed by atoms with Crippen molar-refractivity contribution in [3.8, 4) is 0 Å². The van der Waals surface area contributed by atoms with Crippen molar-refractivity contribution < 1.29 is 5.21 Å². The van der Waals surface area contributed by atoms with Gasteiger partial charge in [0.2, 0.25) is 0 Å². The highest BCUT2D eigenvalue weighted by molar-refractivity contribution is 8.00. The summed E-state index contributed by atoms with van der Waals surface area (Å²) in [5.74, 6) is 0.0955. The Morgan fingerprint density at radius 2 is 2.53 bits per heavy atom. The number of nitrogens with one attached hydrogen (secondary N) is 1. The zero-order valence-electron chi connectivity index (χ0n) is 8.47. The van der Waals surface area contributed by atoms with Gasteiger partial charge in [-0.2, -0.15) is 0 Å². The summed E-state index contributed by atoms with van der Waals surface area (Å²) in [4.78, 5) is 11.2. The number of aromatic nitrogens is 3. The largest absolute Gasteiger partial charge is 0.409 e. The highest BCUT2D eigenvalue weighted by atomic mass is 32.2. The molecule has 0 fully saturated rings. The van der Waals surface area contributed by atoms with Gasteiger partial charge in [0, 0.05) is 6.54 Å². The second-order valence-electron chi connectivity index (χ2n) is 2.84. The molecule has 1 aromatic rings. The van der Waals surface area contributed by atoms with Crippen LogP contribution in [-0.4, -0.2) is 31.1 Å². The van der Waals surface area contributed by atoms with Crippen molar-refractivity contribution in [2.45, 2.75) is 30.8 Å². The molecule has 4 N–H and O–H groups in total. The second-order valence-corrected chi connectivity index (χ2v) is 4.15. The third-order valence-electron chi connectivity index (χ3n) is 1.85. The van der Waals surface area contributed by atoms with Crippen molar-refractivity contribution in [1.82, 2.24) is 14.8 Å². The third-order valence-corrected chi connectivity index (χ3v) is 2.97. The van der Waals surface area contributed by atoms with Gasteiger partial charge in [0.15, 0.2) is 11.0 Å². The van der Waals surface area contributed by atoms with Gasteiger partial charge in [-0.25, -0.2) is 9.89 Å². The van der Waals surface area contributed by atoms with Crippen molar-refractivity contribution in [2.75, 3.05) is 0 Å². The number of hydrogen-bond acceptors (Lipinski definition) is 5. The van der Waals surface area contributed by atoms with Crippen LogP contribution in [0.15, 0.2) is 15.1 Å². The smallest absolute Gasteiger partial charge is 0.343 e. The van der Waals surface area contributed by atoms with E-state index in [9.17, 15) is 4.79 Å². The normalized spacial score (nSPS) is 14.1. The van der Waals surface area contributed by atoms with E-state index in [-0.39, 0.29) is 16.8 Å². The Hall–Kier alpha value is -1.44. The van der Waals surface area contributed by atoms with E-state index in [1.807, 2.05) is 6.92 Å². The SMILES string of the molecule is CCn1c(SC(C)C(N)=NO)n[nH]c1=O. The fourth-order valence-corrected chi connectivity index (χ4v) is 1.89.